The number of hydrogen-bond donors (Lipinski definition) is 2. The van der Waals surface area contributed by atoms with Crippen LogP contribution in [-0.2, 0) is 6.54 Å². The van der Waals surface area contributed by atoms with Crippen LogP contribution in [0.25, 0.3) is 0 Å². The van der Waals surface area contributed by atoms with Crippen LogP contribution in [0.1, 0.15) is 13.8 Å². The second kappa shape index (κ2) is 6.78. The topological polar surface area (TPSA) is 97.4 Å². The second-order valence-corrected chi connectivity index (χ2v) is 5.39. The zero-order chi connectivity index (χ0) is 14.6. The molecule has 0 saturated carbocycles. The maximum Gasteiger partial charge on any atom is 0.335 e. The average Bonchev–Trinajstić information content (AvgIpc) is 2.30. The fourth-order valence-electron chi connectivity index (χ4n) is 1.51. The number of aliphatic hydroxyl groups is 1. The third kappa shape index (κ3) is 4.73. The molecule has 1 heterocycles. The van der Waals surface area contributed by atoms with Gasteiger partial charge in [0.15, 0.2) is 0 Å². The minimum Gasteiger partial charge on any atom is -0.390 e. The minimum absolute atomic E-state index is 0.00116. The summed E-state index contributed by atoms with van der Waals surface area (Å²) in [4.78, 5) is 21.8. The van der Waals surface area contributed by atoms with Gasteiger partial charge >= 0.3 is 11.2 Å². The zero-order valence-corrected chi connectivity index (χ0v) is 12.3. The first-order valence-corrected chi connectivity index (χ1v) is 6.56. The Kier molecular flexibility index (Phi) is 5.64. The number of nitrogens with one attached hydrogen (secondary N) is 1. The van der Waals surface area contributed by atoms with Crippen molar-refractivity contribution in [3.8, 4) is 0 Å². The van der Waals surface area contributed by atoms with Crippen LogP contribution in [0.4, 0.5) is 5.69 Å². The Bertz CT molecular complexity index is 515. The third-order valence-corrected chi connectivity index (χ3v) is 2.83. The van der Waals surface area contributed by atoms with Gasteiger partial charge in [0.2, 0.25) is 0 Å². The summed E-state index contributed by atoms with van der Waals surface area (Å²) in [5, 5.41) is 23.5. The number of halogens is 1. The Labute approximate surface area is 118 Å². The molecule has 1 atom stereocenters. The van der Waals surface area contributed by atoms with E-state index in [0.717, 1.165) is 10.6 Å². The molecule has 1 aromatic rings. The van der Waals surface area contributed by atoms with E-state index in [1.807, 2.05) is 13.8 Å². The van der Waals surface area contributed by atoms with E-state index in [2.05, 4.69) is 21.2 Å². The fourth-order valence-corrected chi connectivity index (χ4v) is 1.98. The van der Waals surface area contributed by atoms with Crippen LogP contribution >= 0.6 is 15.9 Å². The molecule has 0 bridgehead atoms. The molecule has 1 unspecified atom stereocenters. The predicted octanol–water partition coefficient (Wildman–Crippen LogP) is 0.878. The van der Waals surface area contributed by atoms with Crippen LogP contribution < -0.4 is 10.9 Å². The van der Waals surface area contributed by atoms with E-state index in [1.165, 1.54) is 6.20 Å². The molecule has 0 fully saturated rings. The van der Waals surface area contributed by atoms with E-state index in [4.69, 9.17) is 0 Å². The maximum absolute atomic E-state index is 11.8. The van der Waals surface area contributed by atoms with Crippen molar-refractivity contribution in [1.82, 2.24) is 9.88 Å². The quantitative estimate of drug-likeness (QED) is 0.594. The van der Waals surface area contributed by atoms with Crippen molar-refractivity contribution >= 4 is 21.6 Å². The summed E-state index contributed by atoms with van der Waals surface area (Å²) in [7, 11) is 0. The van der Waals surface area contributed by atoms with Crippen molar-refractivity contribution in [2.24, 2.45) is 0 Å². The molecule has 1 aromatic heterocycles. The van der Waals surface area contributed by atoms with Crippen molar-refractivity contribution in [1.29, 1.82) is 0 Å². The highest BCUT2D eigenvalue weighted by Gasteiger charge is 2.17. The van der Waals surface area contributed by atoms with Gasteiger partial charge in [-0.1, -0.05) is 13.8 Å². The summed E-state index contributed by atoms with van der Waals surface area (Å²) in [6.45, 7) is 4.18. The normalized spacial score (nSPS) is 12.7. The summed E-state index contributed by atoms with van der Waals surface area (Å²) in [5.41, 5.74) is -1.24. The van der Waals surface area contributed by atoms with E-state index in [0.29, 0.717) is 11.0 Å². The third-order valence-electron chi connectivity index (χ3n) is 2.40. The Morgan fingerprint density at radius 2 is 2.21 bits per heavy atom. The molecule has 0 aromatic carbocycles. The Hall–Kier alpha value is -1.25. The molecule has 0 spiro atoms. The molecular weight excluding hydrogens is 318 g/mol. The Morgan fingerprint density at radius 1 is 1.58 bits per heavy atom. The number of pyridine rings is 1. The van der Waals surface area contributed by atoms with Gasteiger partial charge in [0, 0.05) is 29.3 Å². The van der Waals surface area contributed by atoms with Crippen LogP contribution in [-0.4, -0.2) is 33.3 Å². The molecule has 1 rings (SSSR count). The van der Waals surface area contributed by atoms with Crippen molar-refractivity contribution in [2.45, 2.75) is 32.5 Å². The number of aliphatic hydroxyl groups excluding tert-OH is 1. The number of aromatic nitrogens is 1. The van der Waals surface area contributed by atoms with Gasteiger partial charge in [-0.15, -0.1) is 0 Å². The molecule has 106 valence electrons. The molecule has 7 nitrogen and oxygen atoms in total. The van der Waals surface area contributed by atoms with Gasteiger partial charge in [-0.2, -0.15) is 0 Å². The van der Waals surface area contributed by atoms with Gasteiger partial charge in [0.25, 0.3) is 0 Å². The monoisotopic (exact) mass is 333 g/mol. The number of hydrogen-bond acceptors (Lipinski definition) is 5. The van der Waals surface area contributed by atoms with Gasteiger partial charge in [0.05, 0.1) is 17.6 Å². The molecule has 0 radical (unpaired) electrons. The standard InChI is InChI=1S/C11H16BrN3O4/c1-7(2)13-4-9(16)6-14-5-8(12)3-10(11(14)17)15(18)19/h3,5,7,9,13,16H,4,6H2,1-2H3. The molecule has 0 aliphatic rings. The lowest BCUT2D eigenvalue weighted by atomic mass is 10.3. The molecule has 0 aliphatic heterocycles. The first-order valence-electron chi connectivity index (χ1n) is 5.77. The van der Waals surface area contributed by atoms with Crippen LogP contribution in [0.5, 0.6) is 0 Å². The highest BCUT2D eigenvalue weighted by atomic mass is 79.9. The smallest absolute Gasteiger partial charge is 0.335 e. The largest absolute Gasteiger partial charge is 0.390 e. The van der Waals surface area contributed by atoms with E-state index in [1.54, 1.807) is 0 Å². The Morgan fingerprint density at radius 3 is 2.74 bits per heavy atom. The first-order chi connectivity index (χ1) is 8.81. The van der Waals surface area contributed by atoms with Crippen LogP contribution in [0, 0.1) is 10.1 Å². The SMILES string of the molecule is CC(C)NCC(O)Cn1cc(Br)cc([N+](=O)[O-])c1=O. The van der Waals surface area contributed by atoms with Gasteiger partial charge in [-0.05, 0) is 15.9 Å². The number of rotatable bonds is 6. The highest BCUT2D eigenvalue weighted by molar-refractivity contribution is 9.10. The molecule has 0 aliphatic carbocycles. The van der Waals surface area contributed by atoms with Crippen LogP contribution in [0.15, 0.2) is 21.5 Å². The molecule has 8 heteroatoms. The summed E-state index contributed by atoms with van der Waals surface area (Å²) < 4.78 is 1.55. The van der Waals surface area contributed by atoms with E-state index >= 15 is 0 Å². The van der Waals surface area contributed by atoms with E-state index in [9.17, 15) is 20.0 Å². The lowest BCUT2D eigenvalue weighted by Gasteiger charge is -2.15. The van der Waals surface area contributed by atoms with E-state index < -0.39 is 22.3 Å². The highest BCUT2D eigenvalue weighted by Crippen LogP contribution is 2.13. The van der Waals surface area contributed by atoms with Gasteiger partial charge in [-0.25, -0.2) is 0 Å². The lowest BCUT2D eigenvalue weighted by Crippen LogP contribution is -2.36. The second-order valence-electron chi connectivity index (χ2n) is 4.47. The van der Waals surface area contributed by atoms with Crippen molar-refractivity contribution in [2.75, 3.05) is 6.54 Å². The zero-order valence-electron chi connectivity index (χ0n) is 10.7. The van der Waals surface area contributed by atoms with Crippen molar-refractivity contribution in [3.63, 3.8) is 0 Å². The molecule has 0 amide bonds. The number of nitro groups is 1. The van der Waals surface area contributed by atoms with Crippen molar-refractivity contribution in [3.05, 3.63) is 37.2 Å². The Balaban J connectivity index is 2.89. The summed E-state index contributed by atoms with van der Waals surface area (Å²) in [6, 6.07) is 1.36. The molecular formula is C11H16BrN3O4. The summed E-state index contributed by atoms with van der Waals surface area (Å²) >= 11 is 3.11. The van der Waals surface area contributed by atoms with Gasteiger partial charge < -0.3 is 15.0 Å². The maximum atomic E-state index is 11.8. The van der Waals surface area contributed by atoms with Crippen LogP contribution in [0.3, 0.4) is 0 Å². The minimum atomic E-state index is -0.797. The first kappa shape index (κ1) is 15.8. The fraction of sp³-hybridized carbons (Fsp3) is 0.545. The van der Waals surface area contributed by atoms with Gasteiger partial charge in [-0.3, -0.25) is 14.9 Å². The average molecular weight is 334 g/mol. The number of nitrogens with zero attached hydrogens (tertiary/aromatic N) is 2. The van der Waals surface area contributed by atoms with E-state index in [-0.39, 0.29) is 12.6 Å². The van der Waals surface area contributed by atoms with Gasteiger partial charge in [0.1, 0.15) is 0 Å². The van der Waals surface area contributed by atoms with Crippen molar-refractivity contribution < 1.29 is 10.0 Å². The van der Waals surface area contributed by atoms with Crippen LogP contribution in [0.2, 0.25) is 0 Å². The molecule has 0 saturated heterocycles. The lowest BCUT2D eigenvalue weighted by molar-refractivity contribution is -0.386. The summed E-state index contributed by atoms with van der Waals surface area (Å²) in [6.07, 6.45) is 0.627. The summed E-state index contributed by atoms with van der Waals surface area (Å²) in [5.74, 6) is 0. The molecule has 2 N–H and O–H groups in total. The molecule has 19 heavy (non-hydrogen) atoms. The predicted molar refractivity (Wildman–Crippen MR) is 74.2 cm³/mol.